The molecule has 4 aromatic carbocycles. The number of hydrogen-bond donors (Lipinski definition) is 0. The second-order valence-electron chi connectivity index (χ2n) is 10.9. The maximum atomic E-state index is 14.1. The molecule has 3 heterocycles. The second kappa shape index (κ2) is 15.3. The molecule has 0 saturated carbocycles. The summed E-state index contributed by atoms with van der Waals surface area (Å²) in [7, 11) is 0. The van der Waals surface area contributed by atoms with Gasteiger partial charge in [0.15, 0.2) is 0 Å². The zero-order chi connectivity index (χ0) is 32.8. The molecule has 1 aliphatic heterocycles. The molecule has 0 unspecified atom stereocenters. The van der Waals surface area contributed by atoms with Crippen molar-refractivity contribution >= 4 is 110 Å². The van der Waals surface area contributed by atoms with Crippen LogP contribution in [-0.2, 0) is 26.2 Å². The van der Waals surface area contributed by atoms with E-state index in [1.54, 1.807) is 75.3 Å². The van der Waals surface area contributed by atoms with Gasteiger partial charge in [0.2, 0.25) is 0 Å². The third kappa shape index (κ3) is 7.59. The summed E-state index contributed by atoms with van der Waals surface area (Å²) in [6.07, 6.45) is 3.50. The van der Waals surface area contributed by atoms with Gasteiger partial charge in [0, 0.05) is 9.86 Å². The molecule has 0 atom stereocenters. The molecular weight excluding hydrogens is 821 g/mol. The van der Waals surface area contributed by atoms with Crippen molar-refractivity contribution in [2.45, 2.75) is 26.2 Å². The molecule has 0 radical (unpaired) electrons. The Bertz CT molecular complexity index is 2090. The predicted molar refractivity (Wildman–Crippen MR) is 197 cm³/mol. The molecule has 6 aromatic rings. The van der Waals surface area contributed by atoms with Gasteiger partial charge in [0.25, 0.3) is 11.8 Å². The number of nitrogens with zero attached hydrogens (tertiary/aromatic N) is 8. The topological polar surface area (TPSA) is 102 Å². The van der Waals surface area contributed by atoms with Crippen molar-refractivity contribution in [2.24, 2.45) is 0 Å². The average Bonchev–Trinajstić information content (AvgIpc) is 3.69. The van der Waals surface area contributed by atoms with Gasteiger partial charge in [-0.05, 0) is 59.0 Å². The molecule has 252 valence electrons. The van der Waals surface area contributed by atoms with Crippen LogP contribution in [0, 0.1) is 0 Å². The minimum atomic E-state index is -0.461. The number of imide groups is 1. The molecule has 0 N–H and O–H groups in total. The summed E-state index contributed by atoms with van der Waals surface area (Å²) < 4.78 is 4.09. The molecule has 0 fully saturated rings. The Morgan fingerprint density at radius 3 is 1.67 bits per heavy atom. The van der Waals surface area contributed by atoms with Crippen molar-refractivity contribution in [3.05, 3.63) is 137 Å². The summed E-state index contributed by atoms with van der Waals surface area (Å²) >= 11 is 28.1. The predicted octanol–water partition coefficient (Wildman–Crippen LogP) is 8.55. The number of rotatable bonds is 9. The zero-order valence-electron chi connectivity index (χ0n) is 24.9. The molecule has 0 saturated heterocycles. The largest absolute Gasteiger partial charge is 0.276 e. The van der Waals surface area contributed by atoms with E-state index >= 15 is 0 Å². The Labute approximate surface area is 320 Å². The monoisotopic (exact) mass is 840 g/mol. The molecule has 0 aliphatic carbocycles. The van der Waals surface area contributed by atoms with Gasteiger partial charge >= 0.3 is 0 Å². The molecule has 2 aromatic heterocycles. The van der Waals surface area contributed by atoms with E-state index in [1.807, 2.05) is 18.2 Å². The number of aromatic nitrogens is 6. The number of benzene rings is 4. The summed E-state index contributed by atoms with van der Waals surface area (Å²) in [6, 6.07) is 19.6. The van der Waals surface area contributed by atoms with E-state index in [0.29, 0.717) is 61.1 Å². The Balaban J connectivity index is 0.00000234. The lowest BCUT2D eigenvalue weighted by molar-refractivity contribution is -0.0130. The molecular formula is C32H23BrCl6N8O2. The molecule has 49 heavy (non-hydrogen) atoms. The van der Waals surface area contributed by atoms with Crippen molar-refractivity contribution in [1.29, 1.82) is 0 Å². The smallest absolute Gasteiger partial charge is 0.267 e. The van der Waals surface area contributed by atoms with Gasteiger partial charge in [0.05, 0.1) is 81.2 Å². The van der Waals surface area contributed by atoms with Crippen molar-refractivity contribution in [3.63, 3.8) is 0 Å². The van der Waals surface area contributed by atoms with Gasteiger partial charge < -0.3 is 0 Å². The fraction of sp³-hybridized carbons (Fsp3) is 0.125. The van der Waals surface area contributed by atoms with Crippen LogP contribution in [0.1, 0.15) is 43.2 Å². The Kier molecular flexibility index (Phi) is 11.6. The van der Waals surface area contributed by atoms with Crippen LogP contribution in [0.25, 0.3) is 10.8 Å². The van der Waals surface area contributed by atoms with Crippen LogP contribution in [0.15, 0.2) is 83.6 Å². The highest BCUT2D eigenvalue weighted by Gasteiger charge is 2.38. The maximum Gasteiger partial charge on any atom is 0.276 e. The van der Waals surface area contributed by atoms with E-state index in [1.165, 1.54) is 0 Å². The van der Waals surface area contributed by atoms with E-state index in [2.05, 4.69) is 36.6 Å². The van der Waals surface area contributed by atoms with E-state index < -0.39 is 11.8 Å². The maximum absolute atomic E-state index is 14.1. The number of hydrogen-bond acceptors (Lipinski definition) is 7. The lowest BCUT2D eigenvalue weighted by atomic mass is 9.95. The van der Waals surface area contributed by atoms with E-state index in [0.717, 1.165) is 26.0 Å². The number of carbonyl (C=O) groups excluding carboxylic acids is 2. The molecule has 1 aliphatic rings. The highest BCUT2D eigenvalue weighted by atomic mass is 79.9. The number of hydrazine groups is 1. The average molecular weight is 844 g/mol. The van der Waals surface area contributed by atoms with E-state index in [-0.39, 0.29) is 37.9 Å². The number of carbonyl (C=O) groups is 2. The van der Waals surface area contributed by atoms with Crippen LogP contribution in [-0.4, -0.2) is 51.8 Å². The standard InChI is InChI=1S/C32H21BrCl4N8O2.2ClH/c33-25-7-6-24-30-22(25)2-1-3-23(30)31(46)45(32(24)47)44(16-20-14-42(40-38-20)12-18-4-8-26(34)28(36)10-18)17-21-15-43(41-39-21)13-19-5-9-27(35)29(37)11-19;;/h1-11,14-15H,12-13,16-17H2;2*1H. The molecule has 7 rings (SSSR count). The van der Waals surface area contributed by atoms with Gasteiger partial charge in [-0.3, -0.25) is 9.59 Å². The van der Waals surface area contributed by atoms with Gasteiger partial charge in [-0.25, -0.2) is 14.4 Å². The Hall–Kier alpha value is -3.26. The van der Waals surface area contributed by atoms with Gasteiger partial charge in [0.1, 0.15) is 0 Å². The minimum Gasteiger partial charge on any atom is -0.267 e. The third-order valence-corrected chi connectivity index (χ3v) is 9.80. The quantitative estimate of drug-likeness (QED) is 0.135. The Morgan fingerprint density at radius 2 is 1.16 bits per heavy atom. The molecule has 0 bridgehead atoms. The van der Waals surface area contributed by atoms with E-state index in [4.69, 9.17) is 46.4 Å². The molecule has 2 amide bonds. The fourth-order valence-electron chi connectivity index (χ4n) is 5.50. The highest BCUT2D eigenvalue weighted by Crippen LogP contribution is 2.35. The third-order valence-electron chi connectivity index (χ3n) is 7.63. The SMILES string of the molecule is Cl.Cl.O=C1c2cccc3c(Br)ccc(c23)C(=O)N1N(Cc1cn(Cc2ccc(Cl)c(Cl)c2)nn1)Cc1cn(Cc2ccc(Cl)c(Cl)c2)nn1. The summed E-state index contributed by atoms with van der Waals surface area (Å²) in [6.45, 7) is 0.915. The fourth-order valence-corrected chi connectivity index (χ4v) is 6.61. The van der Waals surface area contributed by atoms with Crippen LogP contribution in [0.4, 0.5) is 0 Å². The molecule has 10 nitrogen and oxygen atoms in total. The number of halogens is 7. The first-order valence-corrected chi connectivity index (χ1v) is 16.5. The summed E-state index contributed by atoms with van der Waals surface area (Å²) in [5.74, 6) is -0.921. The van der Waals surface area contributed by atoms with E-state index in [9.17, 15) is 9.59 Å². The molecule has 17 heteroatoms. The van der Waals surface area contributed by atoms with Gasteiger partial charge in [-0.1, -0.05) is 97.0 Å². The van der Waals surface area contributed by atoms with Gasteiger partial charge in [-0.15, -0.1) is 35.0 Å². The molecule has 0 spiro atoms. The lowest BCUT2D eigenvalue weighted by Crippen LogP contribution is -2.51. The summed E-state index contributed by atoms with van der Waals surface area (Å²) in [5, 5.41) is 23.2. The summed E-state index contributed by atoms with van der Waals surface area (Å²) in [5.41, 5.74) is 3.62. The zero-order valence-corrected chi connectivity index (χ0v) is 31.2. The van der Waals surface area contributed by atoms with Crippen molar-refractivity contribution < 1.29 is 9.59 Å². The van der Waals surface area contributed by atoms with Crippen molar-refractivity contribution in [3.8, 4) is 0 Å². The van der Waals surface area contributed by atoms with Crippen LogP contribution < -0.4 is 0 Å². The first-order chi connectivity index (χ1) is 22.6. The van der Waals surface area contributed by atoms with Crippen LogP contribution in [0.2, 0.25) is 20.1 Å². The normalized spacial score (nSPS) is 12.4. The van der Waals surface area contributed by atoms with Crippen LogP contribution >= 0.6 is 87.1 Å². The second-order valence-corrected chi connectivity index (χ2v) is 13.4. The first-order valence-electron chi connectivity index (χ1n) is 14.2. The summed E-state index contributed by atoms with van der Waals surface area (Å²) in [4.78, 5) is 28.2. The van der Waals surface area contributed by atoms with Crippen LogP contribution in [0.5, 0.6) is 0 Å². The first kappa shape index (κ1) is 37.0. The van der Waals surface area contributed by atoms with Crippen molar-refractivity contribution in [2.75, 3.05) is 0 Å². The minimum absolute atomic E-state index is 0. The number of amides is 2. The van der Waals surface area contributed by atoms with Gasteiger partial charge in [-0.2, -0.15) is 5.01 Å². The Morgan fingerprint density at radius 1 is 0.653 bits per heavy atom. The van der Waals surface area contributed by atoms with Crippen LogP contribution in [0.3, 0.4) is 0 Å². The lowest BCUT2D eigenvalue weighted by Gasteiger charge is -2.35. The highest BCUT2D eigenvalue weighted by molar-refractivity contribution is 9.10. The van der Waals surface area contributed by atoms with Crippen molar-refractivity contribution in [1.82, 2.24) is 40.0 Å².